The lowest BCUT2D eigenvalue weighted by atomic mass is 10.0. The van der Waals surface area contributed by atoms with Crippen LogP contribution in [0.5, 0.6) is 0 Å². The van der Waals surface area contributed by atoms with Crippen molar-refractivity contribution in [1.29, 1.82) is 0 Å². The average molecular weight is 176 g/mol. The van der Waals surface area contributed by atoms with E-state index in [0.29, 0.717) is 5.92 Å². The van der Waals surface area contributed by atoms with Gasteiger partial charge in [0.1, 0.15) is 0 Å². The zero-order valence-electron chi connectivity index (χ0n) is 6.78. The molecule has 11 heavy (non-hydrogen) atoms. The molecule has 0 radical (unpaired) electrons. The number of nitrogens with zero attached hydrogens (tertiary/aromatic N) is 1. The van der Waals surface area contributed by atoms with Crippen LogP contribution in [0.15, 0.2) is 0 Å². The van der Waals surface area contributed by atoms with Crippen LogP contribution < -0.4 is 0 Å². The minimum atomic E-state index is -1.90. The normalized spacial score (nSPS) is 30.2. The van der Waals surface area contributed by atoms with Crippen LogP contribution in [0, 0.1) is 5.92 Å². The van der Waals surface area contributed by atoms with Crippen LogP contribution in [-0.4, -0.2) is 32.6 Å². The van der Waals surface area contributed by atoms with Gasteiger partial charge < -0.3 is 4.55 Å². The maximum Gasteiger partial charge on any atom is 0.0613 e. The predicted octanol–water partition coefficient (Wildman–Crippen LogP) is 0.555. The Labute approximate surface area is 70.1 Å². The quantitative estimate of drug-likeness (QED) is 0.577. The van der Waals surface area contributed by atoms with Crippen molar-refractivity contribution in [2.45, 2.75) is 19.8 Å². The molecule has 0 aromatic carbocycles. The minimum Gasteiger partial charge on any atom is -0.771 e. The van der Waals surface area contributed by atoms with E-state index in [0.717, 1.165) is 19.5 Å². The van der Waals surface area contributed by atoms with Gasteiger partial charge in [-0.05, 0) is 36.4 Å². The molecule has 1 rings (SSSR count). The van der Waals surface area contributed by atoms with E-state index in [9.17, 15) is 8.76 Å². The Hall–Kier alpha value is 0.0700. The summed E-state index contributed by atoms with van der Waals surface area (Å²) in [5, 5.41) is 0. The summed E-state index contributed by atoms with van der Waals surface area (Å²) in [5.74, 6) is 0.872. The fourth-order valence-corrected chi connectivity index (χ4v) is 2.09. The smallest absolute Gasteiger partial charge is 0.0613 e. The van der Waals surface area contributed by atoms with E-state index >= 15 is 0 Å². The van der Waals surface area contributed by atoms with Gasteiger partial charge in [0, 0.05) is 6.54 Å². The first kappa shape index (κ1) is 9.16. The van der Waals surface area contributed by atoms with Gasteiger partial charge in [0.15, 0.2) is 0 Å². The van der Waals surface area contributed by atoms with Crippen LogP contribution in [0.2, 0.25) is 0 Å². The summed E-state index contributed by atoms with van der Waals surface area (Å²) in [6.45, 7) is 4.05. The third-order valence-electron chi connectivity index (χ3n) is 2.03. The molecule has 3 nitrogen and oxygen atoms in total. The Balaban J connectivity index is 2.28. The SMILES string of the molecule is CC1CCCN(CS(=O)[O-])C1. The molecule has 0 spiro atoms. The Morgan fingerprint density at radius 2 is 2.45 bits per heavy atom. The second kappa shape index (κ2) is 4.18. The summed E-state index contributed by atoms with van der Waals surface area (Å²) in [4.78, 5) is 2.00. The third kappa shape index (κ3) is 3.31. The van der Waals surface area contributed by atoms with Gasteiger partial charge in [-0.3, -0.25) is 9.11 Å². The Morgan fingerprint density at radius 1 is 1.73 bits per heavy atom. The van der Waals surface area contributed by atoms with Crippen LogP contribution >= 0.6 is 0 Å². The number of likely N-dealkylation sites (tertiary alicyclic amines) is 1. The molecule has 0 bridgehead atoms. The van der Waals surface area contributed by atoms with Gasteiger partial charge in [0.2, 0.25) is 0 Å². The Morgan fingerprint density at radius 3 is 3.00 bits per heavy atom. The first-order valence-corrected chi connectivity index (χ1v) is 5.21. The summed E-state index contributed by atoms with van der Waals surface area (Å²) >= 11 is -1.90. The van der Waals surface area contributed by atoms with E-state index in [-0.39, 0.29) is 5.88 Å². The van der Waals surface area contributed by atoms with E-state index in [1.54, 1.807) is 0 Å². The maximum atomic E-state index is 10.3. The van der Waals surface area contributed by atoms with Crippen molar-refractivity contribution in [3.05, 3.63) is 0 Å². The highest BCUT2D eigenvalue weighted by molar-refractivity contribution is 7.79. The van der Waals surface area contributed by atoms with E-state index in [2.05, 4.69) is 6.92 Å². The summed E-state index contributed by atoms with van der Waals surface area (Å²) < 4.78 is 20.7. The highest BCUT2D eigenvalue weighted by atomic mass is 32.2. The summed E-state index contributed by atoms with van der Waals surface area (Å²) in [5.41, 5.74) is 0. The largest absolute Gasteiger partial charge is 0.771 e. The average Bonchev–Trinajstić information content (AvgIpc) is 1.85. The Kier molecular flexibility index (Phi) is 3.48. The van der Waals surface area contributed by atoms with Gasteiger partial charge in [-0.1, -0.05) is 6.92 Å². The van der Waals surface area contributed by atoms with Crippen molar-refractivity contribution < 1.29 is 8.76 Å². The summed E-state index contributed by atoms with van der Waals surface area (Å²) in [6, 6.07) is 0. The predicted molar refractivity (Wildman–Crippen MR) is 43.8 cm³/mol. The second-order valence-electron chi connectivity index (χ2n) is 3.26. The van der Waals surface area contributed by atoms with Crippen molar-refractivity contribution in [2.75, 3.05) is 19.0 Å². The lowest BCUT2D eigenvalue weighted by Gasteiger charge is -2.31. The monoisotopic (exact) mass is 176 g/mol. The van der Waals surface area contributed by atoms with Gasteiger partial charge in [0.25, 0.3) is 0 Å². The van der Waals surface area contributed by atoms with Gasteiger partial charge >= 0.3 is 0 Å². The van der Waals surface area contributed by atoms with Crippen molar-refractivity contribution in [1.82, 2.24) is 4.90 Å². The van der Waals surface area contributed by atoms with Gasteiger partial charge in [-0.25, -0.2) is 0 Å². The molecule has 0 N–H and O–H groups in total. The van der Waals surface area contributed by atoms with E-state index in [4.69, 9.17) is 0 Å². The van der Waals surface area contributed by atoms with Gasteiger partial charge in [0.05, 0.1) is 5.88 Å². The molecule has 0 saturated carbocycles. The van der Waals surface area contributed by atoms with Crippen LogP contribution in [0.1, 0.15) is 19.8 Å². The molecule has 1 aliphatic rings. The molecule has 0 aromatic rings. The molecule has 66 valence electrons. The molecular formula is C7H14NO2S-. The number of piperidine rings is 1. The Bertz CT molecular complexity index is 151. The zero-order valence-corrected chi connectivity index (χ0v) is 7.60. The fraction of sp³-hybridized carbons (Fsp3) is 1.00. The van der Waals surface area contributed by atoms with Crippen molar-refractivity contribution in [3.63, 3.8) is 0 Å². The molecule has 0 aromatic heterocycles. The molecule has 1 heterocycles. The topological polar surface area (TPSA) is 43.4 Å². The third-order valence-corrected chi connectivity index (χ3v) is 2.61. The first-order chi connectivity index (χ1) is 5.18. The molecule has 1 fully saturated rings. The van der Waals surface area contributed by atoms with Crippen LogP contribution in [0.4, 0.5) is 0 Å². The molecule has 1 aliphatic heterocycles. The van der Waals surface area contributed by atoms with Crippen LogP contribution in [-0.2, 0) is 11.1 Å². The summed E-state index contributed by atoms with van der Waals surface area (Å²) in [6.07, 6.45) is 2.38. The van der Waals surface area contributed by atoms with Crippen LogP contribution in [0.25, 0.3) is 0 Å². The first-order valence-electron chi connectivity index (χ1n) is 3.96. The number of hydrogen-bond donors (Lipinski definition) is 0. The molecule has 2 unspecified atom stereocenters. The highest BCUT2D eigenvalue weighted by Gasteiger charge is 2.15. The zero-order chi connectivity index (χ0) is 8.27. The van der Waals surface area contributed by atoms with E-state index in [1.807, 2.05) is 4.90 Å². The molecule has 1 saturated heterocycles. The molecular weight excluding hydrogens is 162 g/mol. The molecule has 2 atom stereocenters. The standard InChI is InChI=1S/C7H15NO2S/c1-7-3-2-4-8(5-7)6-11(9)10/h7H,2-6H2,1H3,(H,9,10)/p-1. The maximum absolute atomic E-state index is 10.3. The molecule has 0 aliphatic carbocycles. The number of rotatable bonds is 2. The van der Waals surface area contributed by atoms with Crippen LogP contribution in [0.3, 0.4) is 0 Å². The summed E-state index contributed by atoms with van der Waals surface area (Å²) in [7, 11) is 0. The van der Waals surface area contributed by atoms with E-state index in [1.165, 1.54) is 6.42 Å². The van der Waals surface area contributed by atoms with Crippen molar-refractivity contribution >= 4 is 11.1 Å². The molecule has 4 heteroatoms. The van der Waals surface area contributed by atoms with Crippen molar-refractivity contribution in [3.8, 4) is 0 Å². The minimum absolute atomic E-state index is 0.213. The van der Waals surface area contributed by atoms with Gasteiger partial charge in [-0.15, -0.1) is 0 Å². The lowest BCUT2D eigenvalue weighted by Crippen LogP contribution is -2.36. The van der Waals surface area contributed by atoms with Gasteiger partial charge in [-0.2, -0.15) is 0 Å². The second-order valence-corrected chi connectivity index (χ2v) is 4.12. The lowest BCUT2D eigenvalue weighted by molar-refractivity contribution is 0.208. The van der Waals surface area contributed by atoms with E-state index < -0.39 is 11.1 Å². The fourth-order valence-electron chi connectivity index (χ4n) is 1.55. The van der Waals surface area contributed by atoms with Crippen molar-refractivity contribution in [2.24, 2.45) is 5.92 Å². The number of hydrogen-bond acceptors (Lipinski definition) is 3. The molecule has 0 amide bonds. The highest BCUT2D eigenvalue weighted by Crippen LogP contribution is 2.14.